The zero-order valence-electron chi connectivity index (χ0n) is 10.3. The summed E-state index contributed by atoms with van der Waals surface area (Å²) in [6, 6.07) is 0.415. The zero-order valence-corrected chi connectivity index (χ0v) is 10.3. The maximum Gasteiger partial charge on any atom is 0.0755 e. The van der Waals surface area contributed by atoms with E-state index in [0.29, 0.717) is 6.04 Å². The van der Waals surface area contributed by atoms with Crippen molar-refractivity contribution in [3.63, 3.8) is 0 Å². The molecular formula is C12H22N4. The third-order valence-electron chi connectivity index (χ3n) is 3.75. The monoisotopic (exact) mass is 222 g/mol. The van der Waals surface area contributed by atoms with Crippen molar-refractivity contribution in [1.82, 2.24) is 20.3 Å². The molecule has 4 heteroatoms. The van der Waals surface area contributed by atoms with E-state index in [9.17, 15) is 0 Å². The second-order valence-electron chi connectivity index (χ2n) is 4.80. The first-order chi connectivity index (χ1) is 7.83. The second kappa shape index (κ2) is 5.43. The van der Waals surface area contributed by atoms with Crippen molar-refractivity contribution in [3.8, 4) is 0 Å². The Labute approximate surface area is 97.4 Å². The fourth-order valence-corrected chi connectivity index (χ4v) is 2.85. The Morgan fingerprint density at radius 3 is 2.50 bits per heavy atom. The molecule has 1 unspecified atom stereocenters. The van der Waals surface area contributed by atoms with Gasteiger partial charge >= 0.3 is 0 Å². The lowest BCUT2D eigenvalue weighted by Crippen LogP contribution is -2.27. The van der Waals surface area contributed by atoms with Gasteiger partial charge < -0.3 is 5.32 Å². The van der Waals surface area contributed by atoms with Gasteiger partial charge in [0.1, 0.15) is 0 Å². The molecule has 16 heavy (non-hydrogen) atoms. The summed E-state index contributed by atoms with van der Waals surface area (Å²) < 4.78 is 1.89. The van der Waals surface area contributed by atoms with Crippen molar-refractivity contribution < 1.29 is 0 Å². The Kier molecular flexibility index (Phi) is 3.93. The number of hydrogen-bond acceptors (Lipinski definition) is 3. The maximum atomic E-state index is 4.03. The minimum Gasteiger partial charge on any atom is -0.311 e. The van der Waals surface area contributed by atoms with E-state index < -0.39 is 0 Å². The molecule has 1 aliphatic rings. The lowest BCUT2D eigenvalue weighted by Gasteiger charge is -2.25. The van der Waals surface area contributed by atoms with Gasteiger partial charge in [-0.25, -0.2) is 0 Å². The van der Waals surface area contributed by atoms with Crippen LogP contribution in [0.1, 0.15) is 50.3 Å². The summed E-state index contributed by atoms with van der Waals surface area (Å²) in [5, 5.41) is 11.5. The van der Waals surface area contributed by atoms with Crippen LogP contribution in [0.2, 0.25) is 0 Å². The summed E-state index contributed by atoms with van der Waals surface area (Å²) in [5.74, 6) is 0.740. The van der Waals surface area contributed by atoms with E-state index in [-0.39, 0.29) is 0 Å². The van der Waals surface area contributed by atoms with Gasteiger partial charge in [0.15, 0.2) is 0 Å². The number of nitrogens with one attached hydrogen (secondary N) is 1. The van der Waals surface area contributed by atoms with Crippen LogP contribution in [0.15, 0.2) is 6.20 Å². The largest absolute Gasteiger partial charge is 0.311 e. The summed E-state index contributed by atoms with van der Waals surface area (Å²) in [4.78, 5) is 0. The van der Waals surface area contributed by atoms with Gasteiger partial charge in [-0.1, -0.05) is 30.9 Å². The van der Waals surface area contributed by atoms with E-state index in [2.05, 4.69) is 15.6 Å². The van der Waals surface area contributed by atoms with E-state index in [1.807, 2.05) is 25.0 Å². The third-order valence-corrected chi connectivity index (χ3v) is 3.75. The summed E-state index contributed by atoms with van der Waals surface area (Å²) in [6.07, 6.45) is 10.1. The molecule has 90 valence electrons. The molecule has 0 bridgehead atoms. The summed E-state index contributed by atoms with van der Waals surface area (Å²) in [6.45, 7) is 0. The predicted octanol–water partition coefficient (Wildman–Crippen LogP) is 2.05. The zero-order chi connectivity index (χ0) is 11.4. The van der Waals surface area contributed by atoms with Crippen molar-refractivity contribution >= 4 is 0 Å². The molecule has 0 saturated heterocycles. The first-order valence-electron chi connectivity index (χ1n) is 6.34. The standard InChI is InChI=1S/C12H22N4/c1-13-12(11-9-14-15-16(11)2)10-7-5-3-4-6-8-10/h9-10,12-13H,3-8H2,1-2H3. The van der Waals surface area contributed by atoms with Gasteiger partial charge in [-0.3, -0.25) is 4.68 Å². The molecule has 0 amide bonds. The lowest BCUT2D eigenvalue weighted by molar-refractivity contribution is 0.327. The van der Waals surface area contributed by atoms with Gasteiger partial charge in [0.05, 0.1) is 17.9 Å². The minimum absolute atomic E-state index is 0.415. The normalized spacial score (nSPS) is 20.6. The van der Waals surface area contributed by atoms with Gasteiger partial charge in [-0.05, 0) is 25.8 Å². The van der Waals surface area contributed by atoms with Crippen LogP contribution in [0.3, 0.4) is 0 Å². The highest BCUT2D eigenvalue weighted by Crippen LogP contribution is 2.32. The quantitative estimate of drug-likeness (QED) is 0.796. The Morgan fingerprint density at radius 2 is 2.00 bits per heavy atom. The molecular weight excluding hydrogens is 200 g/mol. The smallest absolute Gasteiger partial charge is 0.0755 e. The van der Waals surface area contributed by atoms with Crippen LogP contribution in [0, 0.1) is 5.92 Å². The molecule has 1 N–H and O–H groups in total. The van der Waals surface area contributed by atoms with E-state index in [1.54, 1.807) is 0 Å². The average Bonchev–Trinajstić information content (AvgIpc) is 2.57. The van der Waals surface area contributed by atoms with Crippen LogP contribution < -0.4 is 5.32 Å². The fourth-order valence-electron chi connectivity index (χ4n) is 2.85. The highest BCUT2D eigenvalue weighted by molar-refractivity contribution is 5.03. The number of aryl methyl sites for hydroxylation is 1. The van der Waals surface area contributed by atoms with Crippen molar-refractivity contribution in [1.29, 1.82) is 0 Å². The first-order valence-corrected chi connectivity index (χ1v) is 6.34. The van der Waals surface area contributed by atoms with Crippen LogP contribution in [-0.2, 0) is 7.05 Å². The molecule has 2 rings (SSSR count). The topological polar surface area (TPSA) is 42.7 Å². The summed E-state index contributed by atoms with van der Waals surface area (Å²) in [7, 11) is 4.02. The maximum absolute atomic E-state index is 4.03. The molecule has 1 aromatic rings. The highest BCUT2D eigenvalue weighted by atomic mass is 15.4. The van der Waals surface area contributed by atoms with Crippen molar-refractivity contribution in [2.75, 3.05) is 7.05 Å². The van der Waals surface area contributed by atoms with Crippen LogP contribution in [-0.4, -0.2) is 22.0 Å². The number of rotatable bonds is 3. The number of hydrogen-bond donors (Lipinski definition) is 1. The Hall–Kier alpha value is -0.900. The van der Waals surface area contributed by atoms with Gasteiger partial charge in [0, 0.05) is 7.05 Å². The molecule has 1 saturated carbocycles. The van der Waals surface area contributed by atoms with E-state index >= 15 is 0 Å². The van der Waals surface area contributed by atoms with Crippen LogP contribution in [0.4, 0.5) is 0 Å². The molecule has 1 atom stereocenters. The number of aromatic nitrogens is 3. The van der Waals surface area contributed by atoms with Gasteiger partial charge in [-0.2, -0.15) is 0 Å². The molecule has 1 aromatic heterocycles. The molecule has 0 aromatic carbocycles. The molecule has 4 nitrogen and oxygen atoms in total. The van der Waals surface area contributed by atoms with E-state index in [4.69, 9.17) is 0 Å². The highest BCUT2D eigenvalue weighted by Gasteiger charge is 2.25. The number of nitrogens with zero attached hydrogens (tertiary/aromatic N) is 3. The average molecular weight is 222 g/mol. The molecule has 0 spiro atoms. The Bertz CT molecular complexity index is 313. The predicted molar refractivity (Wildman–Crippen MR) is 64.0 cm³/mol. The summed E-state index contributed by atoms with van der Waals surface area (Å²) >= 11 is 0. The van der Waals surface area contributed by atoms with Gasteiger partial charge in [-0.15, -0.1) is 5.10 Å². The fraction of sp³-hybridized carbons (Fsp3) is 0.833. The van der Waals surface area contributed by atoms with Gasteiger partial charge in [0.25, 0.3) is 0 Å². The first kappa shape index (κ1) is 11.6. The second-order valence-corrected chi connectivity index (χ2v) is 4.80. The van der Waals surface area contributed by atoms with E-state index in [1.165, 1.54) is 44.2 Å². The van der Waals surface area contributed by atoms with Crippen molar-refractivity contribution in [2.24, 2.45) is 13.0 Å². The Balaban J connectivity index is 2.12. The molecule has 1 aliphatic carbocycles. The van der Waals surface area contributed by atoms with Crippen LogP contribution >= 0.6 is 0 Å². The molecule has 1 fully saturated rings. The third kappa shape index (κ3) is 2.43. The summed E-state index contributed by atoms with van der Waals surface area (Å²) in [5.41, 5.74) is 1.22. The molecule has 0 aliphatic heterocycles. The van der Waals surface area contributed by atoms with E-state index in [0.717, 1.165) is 5.92 Å². The minimum atomic E-state index is 0.415. The molecule has 0 radical (unpaired) electrons. The Morgan fingerprint density at radius 1 is 1.31 bits per heavy atom. The SMILES string of the molecule is CNC(c1cnnn1C)C1CCCCCC1. The van der Waals surface area contributed by atoms with Crippen LogP contribution in [0.5, 0.6) is 0 Å². The van der Waals surface area contributed by atoms with Crippen molar-refractivity contribution in [2.45, 2.75) is 44.6 Å². The van der Waals surface area contributed by atoms with Crippen LogP contribution in [0.25, 0.3) is 0 Å². The molecule has 1 heterocycles. The lowest BCUT2D eigenvalue weighted by atomic mass is 9.90. The van der Waals surface area contributed by atoms with Gasteiger partial charge in [0.2, 0.25) is 0 Å². The van der Waals surface area contributed by atoms with Crippen molar-refractivity contribution in [3.05, 3.63) is 11.9 Å².